The molecule has 0 atom stereocenters. The third-order valence-electron chi connectivity index (χ3n) is 3.95. The van der Waals surface area contributed by atoms with Gasteiger partial charge in [-0.15, -0.1) is 0 Å². The molecule has 0 bridgehead atoms. The molecule has 5 heteroatoms. The Morgan fingerprint density at radius 3 is 2.83 bits per heavy atom. The molecule has 1 aromatic heterocycles. The summed E-state index contributed by atoms with van der Waals surface area (Å²) < 4.78 is 16.3. The average Bonchev–Trinajstić information content (AvgIpc) is 3.03. The van der Waals surface area contributed by atoms with E-state index in [0.29, 0.717) is 17.2 Å². The zero-order chi connectivity index (χ0) is 16.0. The summed E-state index contributed by atoms with van der Waals surface area (Å²) in [5, 5.41) is 10.6. The highest BCUT2D eigenvalue weighted by molar-refractivity contribution is 5.86. The Hall–Kier alpha value is -2.95. The first-order valence-electron chi connectivity index (χ1n) is 7.24. The van der Waals surface area contributed by atoms with Crippen molar-refractivity contribution in [2.24, 2.45) is 0 Å². The molecule has 2 heterocycles. The molecule has 3 aromatic rings. The van der Waals surface area contributed by atoms with Gasteiger partial charge in [0.25, 0.3) is 0 Å². The van der Waals surface area contributed by atoms with Crippen LogP contribution in [0.1, 0.15) is 5.56 Å². The SMILES string of the molecule is COc1cc(-c2cc(C)c3cc(O)ccc3n2)cc2c1OCO2. The average molecular weight is 309 g/mol. The minimum Gasteiger partial charge on any atom is -0.508 e. The molecule has 5 nitrogen and oxygen atoms in total. The van der Waals surface area contributed by atoms with E-state index < -0.39 is 0 Å². The molecule has 2 aromatic carbocycles. The van der Waals surface area contributed by atoms with E-state index in [1.807, 2.05) is 31.2 Å². The maximum atomic E-state index is 9.64. The van der Waals surface area contributed by atoms with E-state index in [1.165, 1.54) is 0 Å². The summed E-state index contributed by atoms with van der Waals surface area (Å²) in [6.45, 7) is 2.19. The van der Waals surface area contributed by atoms with E-state index >= 15 is 0 Å². The summed E-state index contributed by atoms with van der Waals surface area (Å²) in [5.41, 5.74) is 3.58. The maximum Gasteiger partial charge on any atom is 0.231 e. The first-order valence-corrected chi connectivity index (χ1v) is 7.24. The number of rotatable bonds is 2. The van der Waals surface area contributed by atoms with Crippen LogP contribution in [0.3, 0.4) is 0 Å². The molecule has 116 valence electrons. The molecule has 0 amide bonds. The highest BCUT2D eigenvalue weighted by atomic mass is 16.7. The largest absolute Gasteiger partial charge is 0.508 e. The van der Waals surface area contributed by atoms with Gasteiger partial charge in [-0.05, 0) is 48.9 Å². The summed E-state index contributed by atoms with van der Waals surface area (Å²) in [5.74, 6) is 2.14. The monoisotopic (exact) mass is 309 g/mol. The topological polar surface area (TPSA) is 60.8 Å². The number of phenols is 1. The van der Waals surface area contributed by atoms with Crippen molar-refractivity contribution in [2.45, 2.75) is 6.92 Å². The number of ether oxygens (including phenoxy) is 3. The van der Waals surface area contributed by atoms with E-state index in [9.17, 15) is 5.11 Å². The summed E-state index contributed by atoms with van der Waals surface area (Å²) in [4.78, 5) is 4.69. The fourth-order valence-electron chi connectivity index (χ4n) is 2.81. The number of aromatic nitrogens is 1. The Balaban J connectivity index is 1.91. The van der Waals surface area contributed by atoms with Crippen LogP contribution < -0.4 is 14.2 Å². The first-order chi connectivity index (χ1) is 11.2. The smallest absolute Gasteiger partial charge is 0.231 e. The lowest BCUT2D eigenvalue weighted by molar-refractivity contribution is 0.171. The molecule has 0 aliphatic carbocycles. The van der Waals surface area contributed by atoms with Crippen LogP contribution in [0.4, 0.5) is 0 Å². The van der Waals surface area contributed by atoms with Gasteiger partial charge in [0.05, 0.1) is 18.3 Å². The van der Waals surface area contributed by atoms with Crippen LogP contribution in [0, 0.1) is 6.92 Å². The van der Waals surface area contributed by atoms with Gasteiger partial charge in [-0.25, -0.2) is 4.98 Å². The van der Waals surface area contributed by atoms with Crippen molar-refractivity contribution in [3.8, 4) is 34.3 Å². The number of methoxy groups -OCH3 is 1. The molecule has 0 saturated heterocycles. The van der Waals surface area contributed by atoms with E-state index in [1.54, 1.807) is 19.2 Å². The second kappa shape index (κ2) is 5.05. The van der Waals surface area contributed by atoms with E-state index in [-0.39, 0.29) is 12.5 Å². The molecule has 1 aliphatic rings. The molecule has 1 aliphatic heterocycles. The van der Waals surface area contributed by atoms with Crippen molar-refractivity contribution in [3.63, 3.8) is 0 Å². The number of aromatic hydroxyl groups is 1. The van der Waals surface area contributed by atoms with Gasteiger partial charge in [-0.1, -0.05) is 0 Å². The third-order valence-corrected chi connectivity index (χ3v) is 3.95. The van der Waals surface area contributed by atoms with E-state index in [2.05, 4.69) is 4.98 Å². The van der Waals surface area contributed by atoms with Gasteiger partial charge in [0.2, 0.25) is 12.5 Å². The number of aryl methyl sites for hydroxylation is 1. The van der Waals surface area contributed by atoms with Crippen LogP contribution in [0.5, 0.6) is 23.0 Å². The molecule has 0 unspecified atom stereocenters. The Morgan fingerprint density at radius 1 is 1.13 bits per heavy atom. The van der Waals surface area contributed by atoms with Crippen molar-refractivity contribution >= 4 is 10.9 Å². The minimum atomic E-state index is 0.193. The molecule has 0 radical (unpaired) electrons. The fourth-order valence-corrected chi connectivity index (χ4v) is 2.81. The van der Waals surface area contributed by atoms with Crippen molar-refractivity contribution in [1.29, 1.82) is 0 Å². The standard InChI is InChI=1S/C18H15NO4/c1-10-5-15(19-14-4-3-12(20)8-13(10)14)11-6-16(21-2)18-17(7-11)22-9-23-18/h3-8,20H,9H2,1-2H3. The van der Waals surface area contributed by atoms with Crippen LogP contribution in [-0.4, -0.2) is 24.0 Å². The van der Waals surface area contributed by atoms with Crippen LogP contribution in [-0.2, 0) is 0 Å². The molecule has 23 heavy (non-hydrogen) atoms. The first kappa shape index (κ1) is 13.7. The van der Waals surface area contributed by atoms with Crippen LogP contribution >= 0.6 is 0 Å². The number of fused-ring (bicyclic) bond motifs is 2. The van der Waals surface area contributed by atoms with Gasteiger partial charge >= 0.3 is 0 Å². The zero-order valence-electron chi connectivity index (χ0n) is 12.8. The lowest BCUT2D eigenvalue weighted by Gasteiger charge is -2.10. The molecule has 1 N–H and O–H groups in total. The quantitative estimate of drug-likeness (QED) is 0.783. The predicted molar refractivity (Wildman–Crippen MR) is 86.3 cm³/mol. The van der Waals surface area contributed by atoms with Crippen LogP contribution in [0.2, 0.25) is 0 Å². The summed E-state index contributed by atoms with van der Waals surface area (Å²) in [6.07, 6.45) is 0. The number of nitrogens with zero attached hydrogens (tertiary/aromatic N) is 1. The summed E-state index contributed by atoms with van der Waals surface area (Å²) >= 11 is 0. The number of hydrogen-bond donors (Lipinski definition) is 1. The maximum absolute atomic E-state index is 9.64. The minimum absolute atomic E-state index is 0.193. The number of phenolic OH excluding ortho intramolecular Hbond substituents is 1. The molecular formula is C18H15NO4. The molecule has 4 rings (SSSR count). The van der Waals surface area contributed by atoms with Gasteiger partial charge < -0.3 is 19.3 Å². The molecule has 0 spiro atoms. The van der Waals surface area contributed by atoms with Gasteiger partial charge in [-0.3, -0.25) is 0 Å². The lowest BCUT2D eigenvalue weighted by atomic mass is 10.0. The lowest BCUT2D eigenvalue weighted by Crippen LogP contribution is -1.93. The number of pyridine rings is 1. The van der Waals surface area contributed by atoms with Gasteiger partial charge in [0.1, 0.15) is 5.75 Å². The second-order valence-corrected chi connectivity index (χ2v) is 5.44. The van der Waals surface area contributed by atoms with Gasteiger partial charge in [0.15, 0.2) is 11.5 Å². The Morgan fingerprint density at radius 2 is 2.00 bits per heavy atom. The Labute approximate surface area is 133 Å². The van der Waals surface area contributed by atoms with E-state index in [4.69, 9.17) is 14.2 Å². The number of benzene rings is 2. The zero-order valence-corrected chi connectivity index (χ0v) is 12.8. The summed E-state index contributed by atoms with van der Waals surface area (Å²) in [6, 6.07) is 10.9. The van der Waals surface area contributed by atoms with E-state index in [0.717, 1.165) is 27.7 Å². The Kier molecular flexibility index (Phi) is 3.01. The number of hydrogen-bond acceptors (Lipinski definition) is 5. The molecule has 0 fully saturated rings. The fraction of sp³-hybridized carbons (Fsp3) is 0.167. The molecular weight excluding hydrogens is 294 g/mol. The van der Waals surface area contributed by atoms with Crippen LogP contribution in [0.25, 0.3) is 22.2 Å². The summed E-state index contributed by atoms with van der Waals surface area (Å²) in [7, 11) is 1.60. The highest BCUT2D eigenvalue weighted by Gasteiger charge is 2.21. The predicted octanol–water partition coefficient (Wildman–Crippen LogP) is 3.65. The normalized spacial score (nSPS) is 12.6. The van der Waals surface area contributed by atoms with Crippen molar-refractivity contribution in [1.82, 2.24) is 4.98 Å². The van der Waals surface area contributed by atoms with Crippen molar-refractivity contribution in [3.05, 3.63) is 42.0 Å². The molecule has 0 saturated carbocycles. The highest BCUT2D eigenvalue weighted by Crippen LogP contribution is 2.44. The van der Waals surface area contributed by atoms with Crippen LogP contribution in [0.15, 0.2) is 36.4 Å². The Bertz CT molecular complexity index is 921. The van der Waals surface area contributed by atoms with Crippen molar-refractivity contribution < 1.29 is 19.3 Å². The second-order valence-electron chi connectivity index (χ2n) is 5.44. The van der Waals surface area contributed by atoms with Gasteiger partial charge in [0, 0.05) is 10.9 Å². The van der Waals surface area contributed by atoms with Crippen molar-refractivity contribution in [2.75, 3.05) is 13.9 Å². The third kappa shape index (κ3) is 2.21. The van der Waals surface area contributed by atoms with Gasteiger partial charge in [-0.2, -0.15) is 0 Å².